The Bertz CT molecular complexity index is 316. The van der Waals surface area contributed by atoms with Crippen LogP contribution in [0.5, 0.6) is 0 Å². The van der Waals surface area contributed by atoms with E-state index in [1.54, 1.807) is 6.08 Å². The van der Waals surface area contributed by atoms with E-state index in [0.29, 0.717) is 0 Å². The Hall–Kier alpha value is -1.11. The topological polar surface area (TPSA) is 17.1 Å². The molecule has 1 aliphatic rings. The van der Waals surface area contributed by atoms with E-state index in [0.717, 1.165) is 18.3 Å². The number of carbonyl (C=O) groups is 1. The second-order valence-corrected chi connectivity index (χ2v) is 3.98. The number of hydrogen-bond donors (Lipinski definition) is 0. The summed E-state index contributed by atoms with van der Waals surface area (Å²) in [5.41, 5.74) is 5.34. The third-order valence-corrected chi connectivity index (χ3v) is 2.85. The van der Waals surface area contributed by atoms with Crippen molar-refractivity contribution in [2.24, 2.45) is 0 Å². The van der Waals surface area contributed by atoms with Crippen molar-refractivity contribution in [3.05, 3.63) is 34.4 Å². The van der Waals surface area contributed by atoms with Crippen molar-refractivity contribution in [2.45, 2.75) is 40.0 Å². The molecular weight excluding hydrogens is 172 g/mol. The fourth-order valence-corrected chi connectivity index (χ4v) is 1.80. The maximum Gasteiger partial charge on any atom is 0.143 e. The molecule has 0 saturated carbocycles. The van der Waals surface area contributed by atoms with Crippen molar-refractivity contribution < 1.29 is 4.79 Å². The molecule has 76 valence electrons. The Morgan fingerprint density at radius 3 is 2.64 bits per heavy atom. The summed E-state index contributed by atoms with van der Waals surface area (Å²) in [6.45, 7) is 6.34. The molecular formula is C13H18O. The minimum absolute atomic E-state index is 0.848. The number of allylic oxidation sites excluding steroid dienone is 6. The maximum atomic E-state index is 10.3. The summed E-state index contributed by atoms with van der Waals surface area (Å²) in [6, 6.07) is 0. The average molecular weight is 190 g/mol. The van der Waals surface area contributed by atoms with E-state index in [9.17, 15) is 4.79 Å². The summed E-state index contributed by atoms with van der Waals surface area (Å²) in [5.74, 6) is 0. The van der Waals surface area contributed by atoms with E-state index >= 15 is 0 Å². The van der Waals surface area contributed by atoms with E-state index in [1.807, 2.05) is 6.92 Å². The van der Waals surface area contributed by atoms with Crippen LogP contribution in [-0.4, -0.2) is 6.29 Å². The van der Waals surface area contributed by atoms with Gasteiger partial charge in [0.05, 0.1) is 0 Å². The Labute approximate surface area is 86.2 Å². The van der Waals surface area contributed by atoms with Crippen molar-refractivity contribution in [3.63, 3.8) is 0 Å². The molecule has 0 radical (unpaired) electrons. The zero-order valence-corrected chi connectivity index (χ0v) is 9.26. The highest BCUT2D eigenvalue weighted by atomic mass is 16.1. The summed E-state index contributed by atoms with van der Waals surface area (Å²) in [6.07, 6.45) is 8.20. The number of rotatable bonds is 2. The molecule has 1 aliphatic carbocycles. The Morgan fingerprint density at radius 1 is 1.29 bits per heavy atom. The largest absolute Gasteiger partial charge is 0.299 e. The van der Waals surface area contributed by atoms with Gasteiger partial charge in [-0.05, 0) is 62.8 Å². The number of hydrogen-bond acceptors (Lipinski definition) is 1. The molecule has 0 heterocycles. The zero-order valence-electron chi connectivity index (χ0n) is 9.26. The van der Waals surface area contributed by atoms with Crippen molar-refractivity contribution >= 4 is 6.29 Å². The molecule has 0 atom stereocenters. The fourth-order valence-electron chi connectivity index (χ4n) is 1.80. The smallest absolute Gasteiger partial charge is 0.143 e. The molecule has 1 nitrogen and oxygen atoms in total. The zero-order chi connectivity index (χ0) is 10.6. The van der Waals surface area contributed by atoms with Gasteiger partial charge in [0.25, 0.3) is 0 Å². The molecule has 0 bridgehead atoms. The highest BCUT2D eigenvalue weighted by Gasteiger charge is 2.09. The number of carbonyl (C=O) groups excluding carboxylic acids is 1. The monoisotopic (exact) mass is 190 g/mol. The summed E-state index contributed by atoms with van der Waals surface area (Å²) in [7, 11) is 0. The molecule has 0 aliphatic heterocycles. The molecule has 0 aromatic rings. The molecule has 0 fully saturated rings. The second-order valence-electron chi connectivity index (χ2n) is 3.98. The molecule has 0 aromatic heterocycles. The summed E-state index contributed by atoms with van der Waals surface area (Å²) >= 11 is 0. The van der Waals surface area contributed by atoms with Crippen LogP contribution >= 0.6 is 0 Å². The summed E-state index contributed by atoms with van der Waals surface area (Å²) in [4.78, 5) is 10.3. The van der Waals surface area contributed by atoms with Crippen LogP contribution in [0.3, 0.4) is 0 Å². The van der Waals surface area contributed by atoms with E-state index in [4.69, 9.17) is 0 Å². The molecule has 14 heavy (non-hydrogen) atoms. The van der Waals surface area contributed by atoms with Crippen LogP contribution in [0, 0.1) is 0 Å². The SMILES string of the molecule is CC1=C(C)/C(=C/C(C)=C/C=O)CCC1. The first kappa shape index (κ1) is 11.0. The Kier molecular flexibility index (Phi) is 3.87. The predicted octanol–water partition coefficient (Wildman–Crippen LogP) is 3.58. The van der Waals surface area contributed by atoms with Gasteiger partial charge in [-0.3, -0.25) is 4.79 Å². The van der Waals surface area contributed by atoms with E-state index in [2.05, 4.69) is 19.9 Å². The van der Waals surface area contributed by atoms with Gasteiger partial charge in [-0.2, -0.15) is 0 Å². The molecule has 0 unspecified atom stereocenters. The first-order chi connectivity index (χ1) is 6.65. The molecule has 0 aromatic carbocycles. The van der Waals surface area contributed by atoms with Crippen molar-refractivity contribution in [3.8, 4) is 0 Å². The maximum absolute atomic E-state index is 10.3. The van der Waals surface area contributed by atoms with Gasteiger partial charge in [0, 0.05) is 0 Å². The normalized spacial score (nSPS) is 21.6. The van der Waals surface area contributed by atoms with Gasteiger partial charge in [0.1, 0.15) is 6.29 Å². The Balaban J connectivity index is 2.92. The molecule has 0 amide bonds. The quantitative estimate of drug-likeness (QED) is 0.480. The molecule has 1 heteroatoms. The number of aldehydes is 1. The minimum Gasteiger partial charge on any atom is -0.299 e. The summed E-state index contributed by atoms with van der Waals surface area (Å²) in [5, 5.41) is 0. The Morgan fingerprint density at radius 2 is 2.00 bits per heavy atom. The van der Waals surface area contributed by atoms with Gasteiger partial charge >= 0.3 is 0 Å². The predicted molar refractivity (Wildman–Crippen MR) is 60.1 cm³/mol. The first-order valence-corrected chi connectivity index (χ1v) is 5.14. The van der Waals surface area contributed by atoms with Crippen LogP contribution in [0.2, 0.25) is 0 Å². The van der Waals surface area contributed by atoms with Crippen LogP contribution in [0.4, 0.5) is 0 Å². The van der Waals surface area contributed by atoms with Gasteiger partial charge in [-0.1, -0.05) is 11.6 Å². The van der Waals surface area contributed by atoms with Crippen LogP contribution in [-0.2, 0) is 4.79 Å². The summed E-state index contributed by atoms with van der Waals surface area (Å²) < 4.78 is 0. The van der Waals surface area contributed by atoms with E-state index < -0.39 is 0 Å². The van der Waals surface area contributed by atoms with Crippen LogP contribution in [0.15, 0.2) is 34.4 Å². The van der Waals surface area contributed by atoms with Crippen LogP contribution < -0.4 is 0 Å². The van der Waals surface area contributed by atoms with Crippen LogP contribution in [0.1, 0.15) is 40.0 Å². The van der Waals surface area contributed by atoms with Gasteiger partial charge in [-0.15, -0.1) is 0 Å². The van der Waals surface area contributed by atoms with Gasteiger partial charge in [-0.25, -0.2) is 0 Å². The van der Waals surface area contributed by atoms with Crippen LogP contribution in [0.25, 0.3) is 0 Å². The highest BCUT2D eigenvalue weighted by molar-refractivity contribution is 5.67. The molecule has 0 N–H and O–H groups in total. The minimum atomic E-state index is 0.848. The molecule has 0 saturated heterocycles. The lowest BCUT2D eigenvalue weighted by Gasteiger charge is -2.18. The van der Waals surface area contributed by atoms with Crippen molar-refractivity contribution in [1.29, 1.82) is 0 Å². The third-order valence-electron chi connectivity index (χ3n) is 2.85. The molecule has 0 spiro atoms. The lowest BCUT2D eigenvalue weighted by molar-refractivity contribution is -0.104. The van der Waals surface area contributed by atoms with E-state index in [-0.39, 0.29) is 0 Å². The lowest BCUT2D eigenvalue weighted by Crippen LogP contribution is -1.98. The lowest BCUT2D eigenvalue weighted by atomic mass is 9.88. The fraction of sp³-hybridized carbons (Fsp3) is 0.462. The average Bonchev–Trinajstić information content (AvgIpc) is 2.13. The second kappa shape index (κ2) is 4.94. The molecule has 1 rings (SSSR count). The van der Waals surface area contributed by atoms with Crippen molar-refractivity contribution in [2.75, 3.05) is 0 Å². The first-order valence-electron chi connectivity index (χ1n) is 5.14. The van der Waals surface area contributed by atoms with Gasteiger partial charge in [0.2, 0.25) is 0 Å². The van der Waals surface area contributed by atoms with Crippen molar-refractivity contribution in [1.82, 2.24) is 0 Å². The third kappa shape index (κ3) is 2.69. The highest BCUT2D eigenvalue weighted by Crippen LogP contribution is 2.29. The van der Waals surface area contributed by atoms with Gasteiger partial charge < -0.3 is 0 Å². The standard InChI is InChI=1S/C13H18O/c1-10(7-8-14)9-13-6-4-5-11(2)12(13)3/h7-9H,4-6H2,1-3H3/b10-7+,13-9+. The van der Waals surface area contributed by atoms with Gasteiger partial charge in [0.15, 0.2) is 0 Å². The van der Waals surface area contributed by atoms with E-state index in [1.165, 1.54) is 29.6 Å².